The minimum Gasteiger partial charge on any atom is -0.497 e. The molecule has 136 valence electrons. The molecule has 2 saturated carbocycles. The normalized spacial score (nSPS) is 28.2. The first kappa shape index (κ1) is 18.4. The van der Waals surface area contributed by atoms with Crippen LogP contribution in [0.1, 0.15) is 32.1 Å². The second-order valence-corrected chi connectivity index (χ2v) is 8.07. The molecule has 4 rings (SSSR count). The molecule has 25 heavy (non-hydrogen) atoms. The van der Waals surface area contributed by atoms with E-state index in [1.807, 2.05) is 18.2 Å². The highest BCUT2D eigenvalue weighted by atomic mass is 35.5. The van der Waals surface area contributed by atoms with Gasteiger partial charge in [0.1, 0.15) is 5.75 Å². The number of hydrogen-bond donors (Lipinski definition) is 2. The minimum absolute atomic E-state index is 0. The highest BCUT2D eigenvalue weighted by molar-refractivity contribution is 7.22. The average molecular weight is 382 g/mol. The van der Waals surface area contributed by atoms with Crippen LogP contribution in [0.15, 0.2) is 18.2 Å². The topological polar surface area (TPSA) is 77.2 Å². The molecule has 1 aromatic carbocycles. The number of rotatable bonds is 3. The molecule has 7 heteroatoms. The van der Waals surface area contributed by atoms with E-state index in [0.717, 1.165) is 28.8 Å². The molecule has 1 amide bonds. The van der Waals surface area contributed by atoms with Gasteiger partial charge < -0.3 is 15.8 Å². The molecule has 1 heterocycles. The zero-order valence-corrected chi connectivity index (χ0v) is 15.9. The first-order valence-corrected chi connectivity index (χ1v) is 9.46. The Kier molecular flexibility index (Phi) is 5.51. The Morgan fingerprint density at radius 2 is 2.04 bits per heavy atom. The van der Waals surface area contributed by atoms with Crippen LogP contribution in [0.25, 0.3) is 10.2 Å². The van der Waals surface area contributed by atoms with Crippen molar-refractivity contribution in [1.29, 1.82) is 0 Å². The highest BCUT2D eigenvalue weighted by Crippen LogP contribution is 2.42. The maximum atomic E-state index is 12.7. The largest absolute Gasteiger partial charge is 0.497 e. The molecule has 2 bridgehead atoms. The highest BCUT2D eigenvalue weighted by Gasteiger charge is 2.40. The van der Waals surface area contributed by atoms with Crippen molar-refractivity contribution >= 4 is 45.0 Å². The lowest BCUT2D eigenvalue weighted by atomic mass is 9.65. The van der Waals surface area contributed by atoms with Crippen molar-refractivity contribution in [1.82, 2.24) is 4.98 Å². The number of amides is 1. The minimum atomic E-state index is 0. The van der Waals surface area contributed by atoms with Crippen LogP contribution in [0, 0.1) is 17.8 Å². The van der Waals surface area contributed by atoms with Gasteiger partial charge in [-0.2, -0.15) is 0 Å². The molecule has 1 aromatic heterocycles. The Morgan fingerprint density at radius 3 is 2.72 bits per heavy atom. The van der Waals surface area contributed by atoms with Gasteiger partial charge in [-0.15, -0.1) is 12.4 Å². The van der Waals surface area contributed by atoms with Crippen LogP contribution >= 0.6 is 23.7 Å². The van der Waals surface area contributed by atoms with Crippen molar-refractivity contribution in [2.45, 2.75) is 38.1 Å². The Labute approximate surface area is 157 Å². The van der Waals surface area contributed by atoms with E-state index in [4.69, 9.17) is 10.5 Å². The number of nitrogens with one attached hydrogen (secondary N) is 1. The van der Waals surface area contributed by atoms with Gasteiger partial charge in [0.2, 0.25) is 5.91 Å². The van der Waals surface area contributed by atoms with Crippen LogP contribution in [0.5, 0.6) is 5.75 Å². The summed E-state index contributed by atoms with van der Waals surface area (Å²) < 4.78 is 6.26. The van der Waals surface area contributed by atoms with Crippen LogP contribution in [0.3, 0.4) is 0 Å². The first-order chi connectivity index (χ1) is 11.6. The number of anilines is 1. The fourth-order valence-electron chi connectivity index (χ4n) is 4.30. The van der Waals surface area contributed by atoms with Crippen molar-refractivity contribution < 1.29 is 9.53 Å². The number of benzene rings is 1. The van der Waals surface area contributed by atoms with Crippen molar-refractivity contribution in [2.75, 3.05) is 12.4 Å². The third-order valence-electron chi connectivity index (χ3n) is 5.61. The molecule has 0 radical (unpaired) electrons. The van der Waals surface area contributed by atoms with Crippen LogP contribution in [0.2, 0.25) is 0 Å². The molecular formula is C18H24ClN3O2S. The molecule has 2 aliphatic rings. The molecule has 2 atom stereocenters. The summed E-state index contributed by atoms with van der Waals surface area (Å²) in [5.74, 6) is 1.99. The van der Waals surface area contributed by atoms with Gasteiger partial charge in [-0.05, 0) is 55.7 Å². The molecule has 3 N–H and O–H groups in total. The predicted octanol–water partition coefficient (Wildman–Crippen LogP) is 3.82. The van der Waals surface area contributed by atoms with E-state index >= 15 is 0 Å². The fraction of sp³-hybridized carbons (Fsp3) is 0.556. The molecule has 0 aliphatic heterocycles. The van der Waals surface area contributed by atoms with Gasteiger partial charge >= 0.3 is 0 Å². The summed E-state index contributed by atoms with van der Waals surface area (Å²) in [6.07, 6.45) is 5.44. The number of methoxy groups -OCH3 is 1. The van der Waals surface area contributed by atoms with Gasteiger partial charge in [-0.3, -0.25) is 4.79 Å². The van der Waals surface area contributed by atoms with Gasteiger partial charge in [-0.1, -0.05) is 17.8 Å². The lowest BCUT2D eigenvalue weighted by Crippen LogP contribution is -2.48. The van der Waals surface area contributed by atoms with Crippen LogP contribution in [-0.4, -0.2) is 24.0 Å². The van der Waals surface area contributed by atoms with Crippen molar-refractivity contribution in [2.24, 2.45) is 23.5 Å². The summed E-state index contributed by atoms with van der Waals surface area (Å²) in [6.45, 7) is 0. The summed E-state index contributed by atoms with van der Waals surface area (Å²) in [6, 6.07) is 6.05. The second kappa shape index (κ2) is 7.48. The maximum Gasteiger partial charge on any atom is 0.229 e. The Hall–Kier alpha value is -1.37. The van der Waals surface area contributed by atoms with E-state index < -0.39 is 0 Å². The van der Waals surface area contributed by atoms with E-state index in [1.165, 1.54) is 30.6 Å². The third-order valence-corrected chi connectivity index (χ3v) is 6.54. The summed E-state index contributed by atoms with van der Waals surface area (Å²) in [7, 11) is 1.65. The van der Waals surface area contributed by atoms with Gasteiger partial charge in [-0.25, -0.2) is 4.98 Å². The van der Waals surface area contributed by atoms with E-state index in [-0.39, 0.29) is 30.3 Å². The lowest BCUT2D eigenvalue weighted by molar-refractivity contribution is -0.122. The third kappa shape index (κ3) is 3.61. The van der Waals surface area contributed by atoms with E-state index in [0.29, 0.717) is 17.0 Å². The lowest BCUT2D eigenvalue weighted by Gasteiger charge is -2.43. The Morgan fingerprint density at radius 1 is 1.32 bits per heavy atom. The number of thiazole rings is 1. The molecule has 0 spiro atoms. The van der Waals surface area contributed by atoms with Crippen molar-refractivity contribution in [3.05, 3.63) is 18.2 Å². The number of hydrogen-bond acceptors (Lipinski definition) is 5. The standard InChI is InChI=1S/C18H23N3O2S.ClH/c1-23-13-5-6-14-15(9-13)24-18(20-14)21-17(22)12-7-10-3-2-4-11(8-12)16(10)19;/h5-6,9-12,16H,2-4,7-8,19H2,1H3,(H,20,21,22);1H. The van der Waals surface area contributed by atoms with Crippen LogP contribution in [0.4, 0.5) is 5.13 Å². The van der Waals surface area contributed by atoms with E-state index in [1.54, 1.807) is 7.11 Å². The number of carbonyl (C=O) groups is 1. The number of fused-ring (bicyclic) bond motifs is 3. The molecule has 2 aromatic rings. The SMILES string of the molecule is COc1ccc2nc(NC(=O)C3CC4CCCC(C3)C4N)sc2c1.Cl. The number of carbonyl (C=O) groups excluding carboxylic acids is 1. The van der Waals surface area contributed by atoms with Gasteiger partial charge in [0.15, 0.2) is 5.13 Å². The van der Waals surface area contributed by atoms with Crippen LogP contribution in [-0.2, 0) is 4.79 Å². The van der Waals surface area contributed by atoms with Gasteiger partial charge in [0, 0.05) is 12.0 Å². The summed E-state index contributed by atoms with van der Waals surface area (Å²) in [5.41, 5.74) is 7.21. The molecule has 2 unspecified atom stereocenters. The summed E-state index contributed by atoms with van der Waals surface area (Å²) in [4.78, 5) is 17.2. The average Bonchev–Trinajstić information content (AvgIpc) is 2.95. The number of halogens is 1. The fourth-order valence-corrected chi connectivity index (χ4v) is 5.19. The Bertz CT molecular complexity index is 752. The summed E-state index contributed by atoms with van der Waals surface area (Å²) >= 11 is 1.49. The molecule has 0 saturated heterocycles. The number of ether oxygens (including phenoxy) is 1. The van der Waals surface area contributed by atoms with Crippen molar-refractivity contribution in [3.63, 3.8) is 0 Å². The number of nitrogens with zero attached hydrogens (tertiary/aromatic N) is 1. The summed E-state index contributed by atoms with van der Waals surface area (Å²) in [5, 5.41) is 3.70. The number of nitrogens with two attached hydrogens (primary N) is 1. The first-order valence-electron chi connectivity index (χ1n) is 8.65. The quantitative estimate of drug-likeness (QED) is 0.847. The Balaban J connectivity index is 0.00000182. The second-order valence-electron chi connectivity index (χ2n) is 7.04. The maximum absolute atomic E-state index is 12.7. The number of aromatic nitrogens is 1. The smallest absolute Gasteiger partial charge is 0.229 e. The predicted molar refractivity (Wildman–Crippen MR) is 104 cm³/mol. The van der Waals surface area contributed by atoms with E-state index in [9.17, 15) is 4.79 Å². The monoisotopic (exact) mass is 381 g/mol. The molecule has 2 fully saturated rings. The van der Waals surface area contributed by atoms with Gasteiger partial charge in [0.25, 0.3) is 0 Å². The van der Waals surface area contributed by atoms with E-state index in [2.05, 4.69) is 10.3 Å². The molecule has 5 nitrogen and oxygen atoms in total. The molecular weight excluding hydrogens is 358 g/mol. The molecule has 2 aliphatic carbocycles. The zero-order chi connectivity index (χ0) is 16.7. The van der Waals surface area contributed by atoms with Gasteiger partial charge in [0.05, 0.1) is 17.3 Å². The van der Waals surface area contributed by atoms with Crippen LogP contribution < -0.4 is 15.8 Å². The van der Waals surface area contributed by atoms with Crippen molar-refractivity contribution in [3.8, 4) is 5.75 Å². The zero-order valence-electron chi connectivity index (χ0n) is 14.2.